The molecule has 10 nitrogen and oxygen atoms in total. The van der Waals surface area contributed by atoms with Gasteiger partial charge in [0.15, 0.2) is 5.92 Å². The molecule has 1 aliphatic heterocycles. The highest BCUT2D eigenvalue weighted by atomic mass is 19.4. The van der Waals surface area contributed by atoms with Gasteiger partial charge in [-0.1, -0.05) is 0 Å². The summed E-state index contributed by atoms with van der Waals surface area (Å²) in [4.78, 5) is 56.6. The third kappa shape index (κ3) is 4.50. The zero-order valence-electron chi connectivity index (χ0n) is 16.9. The Balaban J connectivity index is 1.72. The van der Waals surface area contributed by atoms with Gasteiger partial charge in [-0.05, 0) is 31.2 Å². The highest BCUT2D eigenvalue weighted by Crippen LogP contribution is 2.29. The molecule has 3 rings (SSSR count). The lowest BCUT2D eigenvalue weighted by Gasteiger charge is -2.32. The minimum atomic E-state index is -4.74. The lowest BCUT2D eigenvalue weighted by Crippen LogP contribution is -2.59. The number of amides is 5. The van der Waals surface area contributed by atoms with Crippen molar-refractivity contribution >= 4 is 29.4 Å². The minimum Gasteiger partial charge on any atom is -0.439 e. The summed E-state index contributed by atoms with van der Waals surface area (Å²) in [6, 6.07) is 5.75. The molecule has 1 N–H and O–H groups in total. The van der Waals surface area contributed by atoms with Gasteiger partial charge in [-0.25, -0.2) is 9.78 Å². The maximum absolute atomic E-state index is 12.8. The number of ether oxygens (including phenoxy) is 1. The van der Waals surface area contributed by atoms with E-state index in [-0.39, 0.29) is 23.0 Å². The van der Waals surface area contributed by atoms with E-state index in [4.69, 9.17) is 4.74 Å². The quantitative estimate of drug-likeness (QED) is 0.708. The van der Waals surface area contributed by atoms with Crippen LogP contribution in [-0.4, -0.2) is 57.6 Å². The third-order valence-electron chi connectivity index (χ3n) is 4.42. The number of benzene rings is 1. The van der Waals surface area contributed by atoms with Crippen molar-refractivity contribution in [3.8, 4) is 11.6 Å². The van der Waals surface area contributed by atoms with Gasteiger partial charge in [0, 0.05) is 31.5 Å². The van der Waals surface area contributed by atoms with E-state index in [0.29, 0.717) is 9.80 Å². The second-order valence-electron chi connectivity index (χ2n) is 6.79. The number of aromatic nitrogens is 2. The Morgan fingerprint density at radius 3 is 2.12 bits per heavy atom. The van der Waals surface area contributed by atoms with E-state index in [1.165, 1.54) is 37.3 Å². The van der Waals surface area contributed by atoms with Crippen molar-refractivity contribution in [1.82, 2.24) is 19.8 Å². The molecule has 2 aromatic rings. The average molecular weight is 451 g/mol. The van der Waals surface area contributed by atoms with Crippen LogP contribution in [0.1, 0.15) is 11.5 Å². The summed E-state index contributed by atoms with van der Waals surface area (Å²) in [5.74, 6) is -6.15. The van der Waals surface area contributed by atoms with Crippen LogP contribution in [0, 0.1) is 12.8 Å². The first-order valence-electron chi connectivity index (χ1n) is 8.99. The molecule has 0 atom stereocenters. The van der Waals surface area contributed by atoms with E-state index >= 15 is 0 Å². The molecule has 1 saturated heterocycles. The fraction of sp³-hybridized carbons (Fsp3) is 0.263. The number of carbonyl (C=O) groups is 4. The van der Waals surface area contributed by atoms with E-state index in [0.717, 1.165) is 14.1 Å². The maximum Gasteiger partial charge on any atom is 0.451 e. The number of aryl methyl sites for hydroxylation is 1. The summed E-state index contributed by atoms with van der Waals surface area (Å²) in [6.07, 6.45) is -4.74. The number of urea groups is 1. The van der Waals surface area contributed by atoms with Crippen LogP contribution in [0.3, 0.4) is 0 Å². The fourth-order valence-electron chi connectivity index (χ4n) is 2.79. The SMILES string of the molecule is Cc1cc(Oc2ccc(NC(=O)C3C(=O)N(C)C(=O)N(C)C3=O)cc2)nc(C(F)(F)F)n1. The van der Waals surface area contributed by atoms with Crippen molar-refractivity contribution < 1.29 is 37.1 Å². The van der Waals surface area contributed by atoms with Crippen molar-refractivity contribution in [3.05, 3.63) is 41.9 Å². The van der Waals surface area contributed by atoms with Gasteiger partial charge in [0.1, 0.15) is 5.75 Å². The Hall–Kier alpha value is -4.03. The smallest absolute Gasteiger partial charge is 0.439 e. The molecule has 0 bridgehead atoms. The minimum absolute atomic E-state index is 0.0569. The van der Waals surface area contributed by atoms with Gasteiger partial charge < -0.3 is 10.1 Å². The topological polar surface area (TPSA) is 122 Å². The molecule has 0 saturated carbocycles. The molecule has 0 unspecified atom stereocenters. The zero-order valence-corrected chi connectivity index (χ0v) is 16.9. The number of halogens is 3. The zero-order chi connectivity index (χ0) is 23.8. The van der Waals surface area contributed by atoms with Gasteiger partial charge in [-0.15, -0.1) is 0 Å². The summed E-state index contributed by atoms with van der Waals surface area (Å²) >= 11 is 0. The molecule has 1 aromatic heterocycles. The van der Waals surface area contributed by atoms with E-state index in [9.17, 15) is 32.3 Å². The Morgan fingerprint density at radius 2 is 1.59 bits per heavy atom. The highest BCUT2D eigenvalue weighted by molar-refractivity contribution is 6.27. The van der Waals surface area contributed by atoms with Crippen molar-refractivity contribution in [1.29, 1.82) is 0 Å². The van der Waals surface area contributed by atoms with E-state index in [1.807, 2.05) is 0 Å². The molecule has 168 valence electrons. The maximum atomic E-state index is 12.8. The van der Waals surface area contributed by atoms with Crippen LogP contribution in [0.25, 0.3) is 0 Å². The van der Waals surface area contributed by atoms with Gasteiger partial charge in [-0.2, -0.15) is 18.2 Å². The van der Waals surface area contributed by atoms with Crippen LogP contribution in [0.2, 0.25) is 0 Å². The van der Waals surface area contributed by atoms with E-state index in [2.05, 4.69) is 15.3 Å². The number of alkyl halides is 3. The molecule has 0 aliphatic carbocycles. The molecule has 1 aromatic carbocycles. The molecule has 32 heavy (non-hydrogen) atoms. The van der Waals surface area contributed by atoms with Gasteiger partial charge >= 0.3 is 12.2 Å². The molecule has 1 fully saturated rings. The number of hydrogen-bond donors (Lipinski definition) is 1. The molecular weight excluding hydrogens is 435 g/mol. The summed E-state index contributed by atoms with van der Waals surface area (Å²) in [7, 11) is 2.30. The second-order valence-corrected chi connectivity index (χ2v) is 6.79. The molecule has 2 heterocycles. The number of hydrogen-bond acceptors (Lipinski definition) is 7. The first-order valence-corrected chi connectivity index (χ1v) is 8.99. The van der Waals surface area contributed by atoms with Crippen molar-refractivity contribution in [3.63, 3.8) is 0 Å². The Morgan fingerprint density at radius 1 is 1.03 bits per heavy atom. The van der Waals surface area contributed by atoms with Crippen molar-refractivity contribution in [2.75, 3.05) is 19.4 Å². The standard InChI is InChI=1S/C19H16F3N5O5/c1-9-8-12(25-17(23-9)19(20,21)22)32-11-6-4-10(5-7-11)24-14(28)13-15(29)26(2)18(31)27(3)16(13)30/h4-8,13H,1-3H3,(H,24,28). The van der Waals surface area contributed by atoms with Crippen LogP contribution in [0.15, 0.2) is 30.3 Å². The molecule has 0 spiro atoms. The summed E-state index contributed by atoms with van der Waals surface area (Å²) in [5, 5.41) is 2.38. The number of anilines is 1. The van der Waals surface area contributed by atoms with E-state index < -0.39 is 41.7 Å². The number of rotatable bonds is 4. The normalized spacial score (nSPS) is 15.2. The Bertz CT molecular complexity index is 1080. The van der Waals surface area contributed by atoms with Gasteiger partial charge in [-0.3, -0.25) is 24.2 Å². The summed E-state index contributed by atoms with van der Waals surface area (Å²) in [5.41, 5.74) is 0.237. The highest BCUT2D eigenvalue weighted by Gasteiger charge is 2.46. The molecule has 1 aliphatic rings. The molecule has 13 heteroatoms. The van der Waals surface area contributed by atoms with Crippen molar-refractivity contribution in [2.24, 2.45) is 5.92 Å². The predicted molar refractivity (Wildman–Crippen MR) is 101 cm³/mol. The number of barbiturate groups is 1. The lowest BCUT2D eigenvalue weighted by atomic mass is 10.0. The first kappa shape index (κ1) is 22.7. The second kappa shape index (κ2) is 8.24. The van der Waals surface area contributed by atoms with Crippen molar-refractivity contribution in [2.45, 2.75) is 13.1 Å². The lowest BCUT2D eigenvalue weighted by molar-refractivity contribution is -0.151. The Labute approximate surface area is 179 Å². The monoisotopic (exact) mass is 451 g/mol. The van der Waals surface area contributed by atoms with Gasteiger partial charge in [0.25, 0.3) is 11.8 Å². The summed E-state index contributed by atoms with van der Waals surface area (Å²) < 4.78 is 43.9. The number of imide groups is 2. The van der Waals surface area contributed by atoms with Crippen LogP contribution in [0.5, 0.6) is 11.6 Å². The number of carbonyl (C=O) groups excluding carboxylic acids is 4. The number of nitrogens with zero attached hydrogens (tertiary/aromatic N) is 4. The average Bonchev–Trinajstić information content (AvgIpc) is 2.71. The van der Waals surface area contributed by atoms with Gasteiger partial charge in [0.05, 0.1) is 0 Å². The largest absolute Gasteiger partial charge is 0.451 e. The first-order chi connectivity index (χ1) is 14.9. The van der Waals surface area contributed by atoms with Crippen LogP contribution in [0.4, 0.5) is 23.7 Å². The van der Waals surface area contributed by atoms with E-state index in [1.54, 1.807) is 0 Å². The molecular formula is C19H16F3N5O5. The fourth-order valence-corrected chi connectivity index (χ4v) is 2.79. The predicted octanol–water partition coefficient (Wildman–Crippen LogP) is 2.20. The number of nitrogens with one attached hydrogen (secondary N) is 1. The molecule has 0 radical (unpaired) electrons. The van der Waals surface area contributed by atoms with Crippen LogP contribution in [-0.2, 0) is 20.6 Å². The Kier molecular flexibility index (Phi) is 5.84. The molecule has 5 amide bonds. The third-order valence-corrected chi connectivity index (χ3v) is 4.42. The summed E-state index contributed by atoms with van der Waals surface area (Å²) in [6.45, 7) is 1.36. The van der Waals surface area contributed by atoms with Crippen LogP contribution < -0.4 is 10.1 Å². The van der Waals surface area contributed by atoms with Gasteiger partial charge in [0.2, 0.25) is 17.6 Å². The van der Waals surface area contributed by atoms with Crippen LogP contribution >= 0.6 is 0 Å².